The molecule has 5 nitrogen and oxygen atoms in total. The molecule has 1 aliphatic heterocycles. The van der Waals surface area contributed by atoms with Gasteiger partial charge >= 0.3 is 5.91 Å². The Morgan fingerprint density at radius 3 is 2.81 bits per heavy atom. The number of carbonyl (C=O) groups is 1. The first kappa shape index (κ1) is 20.0. The number of nitrogens with one attached hydrogen (secondary N) is 1. The number of hydrogen-bond donors (Lipinski definition) is 3. The lowest BCUT2D eigenvalue weighted by molar-refractivity contribution is -0.878. The summed E-state index contributed by atoms with van der Waals surface area (Å²) in [6.07, 6.45) is 3.27. The Morgan fingerprint density at radius 2 is 2.04 bits per heavy atom. The van der Waals surface area contributed by atoms with Crippen molar-refractivity contribution in [3.63, 3.8) is 0 Å². The zero-order valence-corrected chi connectivity index (χ0v) is 16.4. The number of rotatable bonds is 7. The highest BCUT2D eigenvalue weighted by atomic mass is 16.2. The number of fused-ring (bicyclic) bond motifs is 1. The Kier molecular flexibility index (Phi) is 6.60. The Balaban J connectivity index is 2.06. The summed E-state index contributed by atoms with van der Waals surface area (Å²) in [7, 11) is 0. The number of piperazine rings is 1. The maximum Gasteiger partial charge on any atom is 0.346 e. The molecule has 1 saturated heterocycles. The number of unbranched alkanes of at least 4 members (excludes halogenated alkanes) is 1. The summed E-state index contributed by atoms with van der Waals surface area (Å²) in [5.74, 6) is 0.193. The molecular formula is C22H33N4O+. The molecule has 0 aliphatic carbocycles. The fraction of sp³-hybridized carbons (Fsp3) is 0.500. The van der Waals surface area contributed by atoms with Crippen molar-refractivity contribution in [2.24, 2.45) is 11.5 Å². The van der Waals surface area contributed by atoms with Crippen molar-refractivity contribution in [2.75, 3.05) is 32.7 Å². The van der Waals surface area contributed by atoms with E-state index in [-0.39, 0.29) is 18.0 Å². The third-order valence-electron chi connectivity index (χ3n) is 5.94. The lowest BCUT2D eigenvalue weighted by Crippen LogP contribution is -2.70. The largest absolute Gasteiger partial charge is 0.346 e. The van der Waals surface area contributed by atoms with Crippen LogP contribution in [0.15, 0.2) is 42.5 Å². The SMILES string of the molecule is CCCCC1CNCC[N@+]1(CC(N)CN)C(=O)c1cccc2ccccc12. The van der Waals surface area contributed by atoms with Crippen molar-refractivity contribution in [3.05, 3.63) is 48.0 Å². The normalized spacial score (nSPS) is 24.0. The quantitative estimate of drug-likeness (QED) is 0.654. The minimum absolute atomic E-state index is 0.175. The van der Waals surface area contributed by atoms with Crippen LogP contribution in [0.4, 0.5) is 0 Å². The van der Waals surface area contributed by atoms with Crippen molar-refractivity contribution in [1.82, 2.24) is 5.32 Å². The summed E-state index contributed by atoms with van der Waals surface area (Å²) in [5.41, 5.74) is 13.0. The number of benzene rings is 2. The molecule has 2 aromatic carbocycles. The molecule has 0 aromatic heterocycles. The number of nitrogens with two attached hydrogens (primary N) is 2. The van der Waals surface area contributed by atoms with E-state index < -0.39 is 0 Å². The molecule has 0 radical (unpaired) electrons. The van der Waals surface area contributed by atoms with Gasteiger partial charge in [-0.05, 0) is 23.3 Å². The molecule has 2 unspecified atom stereocenters. The predicted octanol–water partition coefficient (Wildman–Crippen LogP) is 2.24. The zero-order chi connectivity index (χ0) is 19.3. The fourth-order valence-electron chi connectivity index (χ4n) is 4.43. The molecule has 1 fully saturated rings. The van der Waals surface area contributed by atoms with E-state index in [9.17, 15) is 4.79 Å². The van der Waals surface area contributed by atoms with Gasteiger partial charge in [0.15, 0.2) is 0 Å². The molecule has 0 saturated carbocycles. The van der Waals surface area contributed by atoms with Gasteiger partial charge in [-0.25, -0.2) is 4.79 Å². The highest BCUT2D eigenvalue weighted by molar-refractivity contribution is 6.04. The maximum absolute atomic E-state index is 14.0. The molecule has 27 heavy (non-hydrogen) atoms. The van der Waals surface area contributed by atoms with Gasteiger partial charge in [-0.1, -0.05) is 49.7 Å². The topological polar surface area (TPSA) is 81.1 Å². The fourth-order valence-corrected chi connectivity index (χ4v) is 4.43. The Labute approximate surface area is 162 Å². The van der Waals surface area contributed by atoms with E-state index >= 15 is 0 Å². The zero-order valence-electron chi connectivity index (χ0n) is 16.4. The van der Waals surface area contributed by atoms with Crippen LogP contribution < -0.4 is 16.8 Å². The second-order valence-corrected chi connectivity index (χ2v) is 7.77. The van der Waals surface area contributed by atoms with Gasteiger partial charge < -0.3 is 16.8 Å². The van der Waals surface area contributed by atoms with Gasteiger partial charge in [-0.2, -0.15) is 0 Å². The summed E-state index contributed by atoms with van der Waals surface area (Å²) in [5, 5.41) is 5.62. The van der Waals surface area contributed by atoms with Gasteiger partial charge in [0.1, 0.15) is 12.6 Å². The van der Waals surface area contributed by atoms with Crippen molar-refractivity contribution in [3.8, 4) is 0 Å². The van der Waals surface area contributed by atoms with Gasteiger partial charge in [0.25, 0.3) is 0 Å². The first-order chi connectivity index (χ1) is 13.1. The third kappa shape index (κ3) is 4.06. The van der Waals surface area contributed by atoms with Crippen LogP contribution in [-0.2, 0) is 0 Å². The average molecular weight is 370 g/mol. The number of amides is 1. The van der Waals surface area contributed by atoms with Crippen molar-refractivity contribution >= 4 is 16.7 Å². The van der Waals surface area contributed by atoms with Crippen molar-refractivity contribution in [2.45, 2.75) is 38.3 Å². The van der Waals surface area contributed by atoms with E-state index in [0.29, 0.717) is 17.6 Å². The van der Waals surface area contributed by atoms with Gasteiger partial charge in [0, 0.05) is 26.1 Å². The second kappa shape index (κ2) is 8.93. The lowest BCUT2D eigenvalue weighted by Gasteiger charge is -2.47. The van der Waals surface area contributed by atoms with E-state index in [0.717, 1.165) is 55.2 Å². The van der Waals surface area contributed by atoms with E-state index in [4.69, 9.17) is 11.5 Å². The van der Waals surface area contributed by atoms with Crippen LogP contribution in [0.2, 0.25) is 0 Å². The summed E-state index contributed by atoms with van der Waals surface area (Å²) in [6.45, 7) is 5.66. The average Bonchev–Trinajstić information content (AvgIpc) is 2.72. The molecule has 3 rings (SSSR count). The minimum atomic E-state index is -0.175. The third-order valence-corrected chi connectivity index (χ3v) is 5.94. The number of carbonyl (C=O) groups excluding carboxylic acids is 1. The van der Waals surface area contributed by atoms with Crippen molar-refractivity contribution < 1.29 is 9.28 Å². The molecule has 0 spiro atoms. The molecule has 1 heterocycles. The molecule has 3 atom stereocenters. The molecule has 2 aromatic rings. The highest BCUT2D eigenvalue weighted by Gasteiger charge is 2.47. The number of quaternary nitrogens is 1. The molecule has 1 amide bonds. The van der Waals surface area contributed by atoms with Crippen LogP contribution >= 0.6 is 0 Å². The molecule has 0 bridgehead atoms. The van der Waals surface area contributed by atoms with Gasteiger partial charge in [0.05, 0.1) is 18.2 Å². The van der Waals surface area contributed by atoms with Crippen LogP contribution in [0.25, 0.3) is 10.8 Å². The smallest absolute Gasteiger partial charge is 0.329 e. The van der Waals surface area contributed by atoms with Gasteiger partial charge in [0.2, 0.25) is 0 Å². The predicted molar refractivity (Wildman–Crippen MR) is 111 cm³/mol. The summed E-state index contributed by atoms with van der Waals surface area (Å²) >= 11 is 0. The maximum atomic E-state index is 14.0. The molecular weight excluding hydrogens is 336 g/mol. The minimum Gasteiger partial charge on any atom is -0.329 e. The van der Waals surface area contributed by atoms with Crippen LogP contribution in [-0.4, -0.2) is 55.2 Å². The highest BCUT2D eigenvalue weighted by Crippen LogP contribution is 2.29. The summed E-state index contributed by atoms with van der Waals surface area (Å²) in [6, 6.07) is 14.2. The Hall–Kier alpha value is -1.79. The van der Waals surface area contributed by atoms with E-state index in [1.54, 1.807) is 0 Å². The lowest BCUT2D eigenvalue weighted by atomic mass is 9.96. The molecule has 5 N–H and O–H groups in total. The standard InChI is InChI=1S/C22H33N4O/c1-2-3-9-19-15-25-12-13-26(19,16-18(24)14-23)22(27)21-11-6-8-17-7-4-5-10-20(17)21/h4-8,10-11,18-19,25H,2-3,9,12-16,23-24H2,1H3/q+1/t18?,19?,26-/m1/s1. The van der Waals surface area contributed by atoms with E-state index in [2.05, 4.69) is 24.4 Å². The van der Waals surface area contributed by atoms with E-state index in [1.165, 1.54) is 0 Å². The van der Waals surface area contributed by atoms with E-state index in [1.807, 2.05) is 30.3 Å². The molecule has 5 heteroatoms. The Morgan fingerprint density at radius 1 is 1.26 bits per heavy atom. The monoisotopic (exact) mass is 369 g/mol. The first-order valence-electron chi connectivity index (χ1n) is 10.2. The number of nitrogens with zero attached hydrogens (tertiary/aromatic N) is 1. The number of hydrogen-bond acceptors (Lipinski definition) is 4. The van der Waals surface area contributed by atoms with Crippen LogP contribution in [0.5, 0.6) is 0 Å². The van der Waals surface area contributed by atoms with Gasteiger partial charge in [-0.3, -0.25) is 4.48 Å². The van der Waals surface area contributed by atoms with Crippen LogP contribution in [0, 0.1) is 0 Å². The van der Waals surface area contributed by atoms with Crippen molar-refractivity contribution in [1.29, 1.82) is 0 Å². The summed E-state index contributed by atoms with van der Waals surface area (Å²) in [4.78, 5) is 14.0. The van der Waals surface area contributed by atoms with Crippen LogP contribution in [0.1, 0.15) is 36.5 Å². The molecule has 1 aliphatic rings. The Bertz CT molecular complexity index is 773. The van der Waals surface area contributed by atoms with Crippen LogP contribution in [0.3, 0.4) is 0 Å². The summed E-state index contributed by atoms with van der Waals surface area (Å²) < 4.78 is 0.416. The van der Waals surface area contributed by atoms with Gasteiger partial charge in [-0.15, -0.1) is 0 Å². The first-order valence-corrected chi connectivity index (χ1v) is 10.2. The second-order valence-electron chi connectivity index (χ2n) is 7.77. The molecule has 146 valence electrons.